The molecule has 0 aliphatic rings. The number of ketones is 1. The smallest absolute Gasteiger partial charge is 0.422 e. The molecule has 6 nitrogen and oxygen atoms in total. The van der Waals surface area contributed by atoms with Crippen LogP contribution in [-0.2, 0) is 16.2 Å². The largest absolute Gasteiger partial charge is 0.483 e. The molecule has 0 saturated carbocycles. The number of para-hydroxylation sites is 1. The van der Waals surface area contributed by atoms with Crippen LogP contribution in [0.25, 0.3) is 32.6 Å². The monoisotopic (exact) mass is 734 g/mol. The fraction of sp³-hybridized carbons (Fsp3) is 0.311. The predicted molar refractivity (Wildman–Crippen MR) is 210 cm³/mol. The number of oxime groups is 1. The highest BCUT2D eigenvalue weighted by molar-refractivity contribution is 6.27. The predicted octanol–water partition coefficient (Wildman–Crippen LogP) is 11.6. The first-order valence-electron chi connectivity index (χ1n) is 18.5. The molecule has 1 atom stereocenters. The van der Waals surface area contributed by atoms with E-state index in [0.29, 0.717) is 22.6 Å². The molecule has 5 aromatic carbocycles. The fourth-order valence-electron chi connectivity index (χ4n) is 7.65. The molecule has 1 unspecified atom stereocenters. The summed E-state index contributed by atoms with van der Waals surface area (Å²) < 4.78 is 47.4. The van der Waals surface area contributed by atoms with Crippen molar-refractivity contribution < 1.29 is 32.3 Å². The molecule has 6 aromatic rings. The van der Waals surface area contributed by atoms with Crippen LogP contribution in [0.15, 0.2) is 90.1 Å². The maximum Gasteiger partial charge on any atom is 0.422 e. The molecule has 0 saturated heterocycles. The van der Waals surface area contributed by atoms with Gasteiger partial charge in [0.05, 0.1) is 5.52 Å². The van der Waals surface area contributed by atoms with Gasteiger partial charge in [-0.15, -0.1) is 0 Å². The highest BCUT2D eigenvalue weighted by Gasteiger charge is 2.30. The molecule has 1 heterocycles. The van der Waals surface area contributed by atoms with Crippen molar-refractivity contribution in [1.29, 1.82) is 0 Å². The molecular weight excluding hydrogens is 689 g/mol. The Bertz CT molecular complexity index is 2380. The minimum Gasteiger partial charge on any atom is -0.483 e. The molecule has 0 fully saturated rings. The normalized spacial score (nSPS) is 12.8. The molecule has 0 radical (unpaired) electrons. The van der Waals surface area contributed by atoms with Crippen LogP contribution in [0.4, 0.5) is 13.2 Å². The second kappa shape index (κ2) is 15.9. The lowest BCUT2D eigenvalue weighted by molar-refractivity contribution is -0.153. The van der Waals surface area contributed by atoms with Crippen LogP contribution >= 0.6 is 0 Å². The lowest BCUT2D eigenvalue weighted by Gasteiger charge is -2.19. The number of rotatable bonds is 13. The number of alkyl halides is 3. The van der Waals surface area contributed by atoms with Crippen molar-refractivity contribution >= 4 is 50.0 Å². The number of benzene rings is 5. The first kappa shape index (κ1) is 38.3. The molecule has 1 aromatic heterocycles. The van der Waals surface area contributed by atoms with Crippen molar-refractivity contribution in [3.8, 4) is 5.75 Å². The van der Waals surface area contributed by atoms with Crippen molar-refractivity contribution in [2.45, 2.75) is 79.9 Å². The second-order valence-corrected chi connectivity index (χ2v) is 14.2. The summed E-state index contributed by atoms with van der Waals surface area (Å²) in [7, 11) is 0. The van der Waals surface area contributed by atoms with Crippen LogP contribution in [0.3, 0.4) is 0 Å². The molecular formula is C45H45F3N2O4. The van der Waals surface area contributed by atoms with Crippen LogP contribution in [0.1, 0.15) is 90.2 Å². The van der Waals surface area contributed by atoms with E-state index in [-0.39, 0.29) is 22.8 Å². The number of hydrogen-bond donors (Lipinski definition) is 0. The number of unbranched alkanes of at least 4 members (excludes halogenated alkanes) is 1. The lowest BCUT2D eigenvalue weighted by atomic mass is 9.89. The van der Waals surface area contributed by atoms with E-state index >= 15 is 0 Å². The third kappa shape index (κ3) is 7.91. The first-order chi connectivity index (χ1) is 25.8. The quantitative estimate of drug-likeness (QED) is 0.0513. The molecule has 280 valence electrons. The lowest BCUT2D eigenvalue weighted by Crippen LogP contribution is -2.20. The molecule has 0 amide bonds. The van der Waals surface area contributed by atoms with Crippen LogP contribution < -0.4 is 4.74 Å². The standard InChI is InChI=1S/C45H45F3N2O4/c1-7-9-14-31(8-2)25-50-39-20-19-32(42(49-54-30(6)51)35-17-12-13-18-40(35)53-26-45(46,47)48)23-36(39)37-24-38(33-15-10-11-16-34(33)43(37)50)44(52)41-28(4)21-27(3)22-29(41)5/h10-13,15-24,31H,7-9,14,25-26H2,1-6H3/b49-42-. The van der Waals surface area contributed by atoms with Gasteiger partial charge in [-0.2, -0.15) is 13.2 Å². The first-order valence-corrected chi connectivity index (χ1v) is 18.5. The molecule has 6 rings (SSSR count). The maximum absolute atomic E-state index is 14.7. The van der Waals surface area contributed by atoms with Crippen molar-refractivity contribution in [3.05, 3.63) is 124 Å². The third-order valence-corrected chi connectivity index (χ3v) is 10.1. The molecule has 0 N–H and O–H groups in total. The summed E-state index contributed by atoms with van der Waals surface area (Å²) in [6, 6.07) is 26.0. The van der Waals surface area contributed by atoms with Gasteiger partial charge in [0.15, 0.2) is 12.4 Å². The zero-order chi connectivity index (χ0) is 38.7. The Balaban J connectivity index is 1.65. The van der Waals surface area contributed by atoms with Gasteiger partial charge in [-0.3, -0.25) is 4.79 Å². The molecule has 0 spiro atoms. The van der Waals surface area contributed by atoms with Gasteiger partial charge in [0.1, 0.15) is 11.5 Å². The van der Waals surface area contributed by atoms with Gasteiger partial charge in [-0.25, -0.2) is 4.79 Å². The number of aromatic nitrogens is 1. The summed E-state index contributed by atoms with van der Waals surface area (Å²) in [5, 5.41) is 7.65. The highest BCUT2D eigenvalue weighted by Crippen LogP contribution is 2.39. The van der Waals surface area contributed by atoms with Crippen LogP contribution in [-0.4, -0.2) is 34.8 Å². The fourth-order valence-corrected chi connectivity index (χ4v) is 7.65. The van der Waals surface area contributed by atoms with E-state index in [1.165, 1.54) is 13.0 Å². The van der Waals surface area contributed by atoms with Crippen molar-refractivity contribution in [3.63, 3.8) is 0 Å². The van der Waals surface area contributed by atoms with E-state index < -0.39 is 18.8 Å². The van der Waals surface area contributed by atoms with Crippen LogP contribution in [0.5, 0.6) is 5.75 Å². The third-order valence-electron chi connectivity index (χ3n) is 10.1. The van der Waals surface area contributed by atoms with Crippen molar-refractivity contribution in [1.82, 2.24) is 4.57 Å². The van der Waals surface area contributed by atoms with Gasteiger partial charge in [0, 0.05) is 57.4 Å². The Kier molecular flexibility index (Phi) is 11.3. The van der Waals surface area contributed by atoms with Gasteiger partial charge in [-0.1, -0.05) is 98.4 Å². The van der Waals surface area contributed by atoms with Gasteiger partial charge in [0.25, 0.3) is 0 Å². The van der Waals surface area contributed by atoms with E-state index in [9.17, 15) is 22.8 Å². The topological polar surface area (TPSA) is 69.9 Å². The SMILES string of the molecule is CCCCC(CC)Cn1c2ccc(/C(=N/OC(C)=O)c3ccccc3OCC(F)(F)F)cc2c2cc(C(=O)c3c(C)cc(C)cc3C)c3ccccc3c21. The summed E-state index contributed by atoms with van der Waals surface area (Å²) in [5.41, 5.74) is 6.94. The summed E-state index contributed by atoms with van der Waals surface area (Å²) in [4.78, 5) is 31.8. The average molecular weight is 735 g/mol. The highest BCUT2D eigenvalue weighted by atomic mass is 19.4. The van der Waals surface area contributed by atoms with Crippen molar-refractivity contribution in [2.24, 2.45) is 11.1 Å². The number of ether oxygens (including phenoxy) is 1. The number of carbonyl (C=O) groups excluding carboxylic acids is 2. The van der Waals surface area contributed by atoms with Gasteiger partial charge in [-0.05, 0) is 80.0 Å². The summed E-state index contributed by atoms with van der Waals surface area (Å²) in [6.07, 6.45) is -0.297. The van der Waals surface area contributed by atoms with Gasteiger partial charge < -0.3 is 14.1 Å². The molecule has 0 bridgehead atoms. The zero-order valence-electron chi connectivity index (χ0n) is 31.6. The number of aryl methyl sites for hydroxylation is 3. The number of nitrogens with zero attached hydrogens (tertiary/aromatic N) is 2. The Hall–Kier alpha value is -5.44. The number of carbonyl (C=O) groups is 2. The number of hydrogen-bond acceptors (Lipinski definition) is 5. The van der Waals surface area contributed by atoms with Crippen LogP contribution in [0.2, 0.25) is 0 Å². The summed E-state index contributed by atoms with van der Waals surface area (Å²) >= 11 is 0. The van der Waals surface area contributed by atoms with E-state index in [2.05, 4.69) is 29.6 Å². The maximum atomic E-state index is 14.7. The van der Waals surface area contributed by atoms with Gasteiger partial charge in [0.2, 0.25) is 0 Å². The summed E-state index contributed by atoms with van der Waals surface area (Å²) in [6.45, 7) is 10.8. The van der Waals surface area contributed by atoms with Gasteiger partial charge >= 0.3 is 12.1 Å². The Labute approximate surface area is 313 Å². The summed E-state index contributed by atoms with van der Waals surface area (Å²) in [5.74, 6) is -0.414. The molecule has 0 aliphatic carbocycles. The number of fused-ring (bicyclic) bond motifs is 5. The minimum absolute atomic E-state index is 0.0623. The Morgan fingerprint density at radius 1 is 0.815 bits per heavy atom. The number of halogens is 3. The van der Waals surface area contributed by atoms with E-state index in [1.54, 1.807) is 18.2 Å². The van der Waals surface area contributed by atoms with E-state index in [4.69, 9.17) is 9.57 Å². The molecule has 54 heavy (non-hydrogen) atoms. The van der Waals surface area contributed by atoms with E-state index in [0.717, 1.165) is 81.5 Å². The average Bonchev–Trinajstić information content (AvgIpc) is 3.44. The van der Waals surface area contributed by atoms with E-state index in [1.807, 2.05) is 75.4 Å². The second-order valence-electron chi connectivity index (χ2n) is 14.2. The Morgan fingerprint density at radius 2 is 1.50 bits per heavy atom. The zero-order valence-corrected chi connectivity index (χ0v) is 31.6. The molecule has 0 aliphatic heterocycles. The Morgan fingerprint density at radius 3 is 2.17 bits per heavy atom. The minimum atomic E-state index is -4.57. The molecule has 9 heteroatoms. The van der Waals surface area contributed by atoms with Crippen LogP contribution in [0, 0.1) is 26.7 Å². The van der Waals surface area contributed by atoms with Crippen molar-refractivity contribution in [2.75, 3.05) is 6.61 Å².